The molecule has 1 rings (SSSR count). The standard InChI is InChI=1S/C15H22FNO4S/c1-11-7-8-12(16)10-13(11)22(19,20)17-9-5-6-14(18)21-15(2,3)4/h7-8,10,17H,5-6,9H2,1-4H3. The number of ether oxygens (including phenoxy) is 1. The van der Waals surface area contributed by atoms with Gasteiger partial charge in [-0.15, -0.1) is 0 Å². The van der Waals surface area contributed by atoms with Gasteiger partial charge in [0.25, 0.3) is 0 Å². The van der Waals surface area contributed by atoms with Crippen LogP contribution in [0.1, 0.15) is 39.2 Å². The molecule has 0 amide bonds. The molecular weight excluding hydrogens is 309 g/mol. The summed E-state index contributed by atoms with van der Waals surface area (Å²) in [5.41, 5.74) is -0.101. The van der Waals surface area contributed by atoms with Crippen molar-refractivity contribution in [3.05, 3.63) is 29.6 Å². The van der Waals surface area contributed by atoms with Crippen LogP contribution in [0.3, 0.4) is 0 Å². The molecule has 0 aliphatic heterocycles. The van der Waals surface area contributed by atoms with Crippen LogP contribution in [0.2, 0.25) is 0 Å². The first-order valence-corrected chi connectivity index (χ1v) is 8.47. The molecule has 0 atom stereocenters. The van der Waals surface area contributed by atoms with E-state index >= 15 is 0 Å². The van der Waals surface area contributed by atoms with Crippen LogP contribution in [0.4, 0.5) is 4.39 Å². The van der Waals surface area contributed by atoms with E-state index in [2.05, 4.69) is 4.72 Å². The molecule has 1 N–H and O–H groups in total. The van der Waals surface area contributed by atoms with Gasteiger partial charge in [0.1, 0.15) is 11.4 Å². The van der Waals surface area contributed by atoms with Gasteiger partial charge in [0, 0.05) is 13.0 Å². The van der Waals surface area contributed by atoms with Gasteiger partial charge >= 0.3 is 5.97 Å². The summed E-state index contributed by atoms with van der Waals surface area (Å²) in [4.78, 5) is 11.4. The van der Waals surface area contributed by atoms with Crippen LogP contribution >= 0.6 is 0 Å². The normalized spacial score (nSPS) is 12.2. The quantitative estimate of drug-likeness (QED) is 0.642. The zero-order valence-electron chi connectivity index (χ0n) is 13.3. The van der Waals surface area contributed by atoms with E-state index in [1.165, 1.54) is 12.1 Å². The van der Waals surface area contributed by atoms with E-state index in [0.29, 0.717) is 12.0 Å². The van der Waals surface area contributed by atoms with E-state index in [1.807, 2.05) is 0 Å². The van der Waals surface area contributed by atoms with Crippen LogP contribution in [0.5, 0.6) is 0 Å². The third-order valence-corrected chi connectivity index (χ3v) is 4.31. The molecule has 0 fully saturated rings. The Hall–Kier alpha value is -1.47. The summed E-state index contributed by atoms with van der Waals surface area (Å²) in [6.45, 7) is 6.97. The number of nitrogens with one attached hydrogen (secondary N) is 1. The van der Waals surface area contributed by atoms with Crippen molar-refractivity contribution >= 4 is 16.0 Å². The lowest BCUT2D eigenvalue weighted by molar-refractivity contribution is -0.154. The zero-order chi connectivity index (χ0) is 17.0. The Balaban J connectivity index is 2.54. The lowest BCUT2D eigenvalue weighted by atomic mass is 10.2. The molecule has 0 aromatic heterocycles. The second-order valence-electron chi connectivity index (χ2n) is 6.00. The van der Waals surface area contributed by atoms with E-state index < -0.39 is 21.4 Å². The van der Waals surface area contributed by atoms with Gasteiger partial charge in [-0.3, -0.25) is 4.79 Å². The maximum absolute atomic E-state index is 13.2. The van der Waals surface area contributed by atoms with Gasteiger partial charge in [-0.05, 0) is 51.8 Å². The number of rotatable bonds is 6. The van der Waals surface area contributed by atoms with Gasteiger partial charge in [-0.2, -0.15) is 0 Å². The molecule has 0 spiro atoms. The number of hydrogen-bond acceptors (Lipinski definition) is 4. The number of esters is 1. The fourth-order valence-electron chi connectivity index (χ4n) is 1.77. The lowest BCUT2D eigenvalue weighted by Crippen LogP contribution is -2.27. The van der Waals surface area contributed by atoms with Crippen molar-refractivity contribution in [2.45, 2.75) is 51.0 Å². The number of hydrogen-bond donors (Lipinski definition) is 1. The fraction of sp³-hybridized carbons (Fsp3) is 0.533. The zero-order valence-corrected chi connectivity index (χ0v) is 14.1. The number of carbonyl (C=O) groups excluding carboxylic acids is 1. The molecule has 0 radical (unpaired) electrons. The molecular formula is C15H22FNO4S. The highest BCUT2D eigenvalue weighted by molar-refractivity contribution is 7.89. The predicted molar refractivity (Wildman–Crippen MR) is 81.4 cm³/mol. The van der Waals surface area contributed by atoms with Gasteiger partial charge in [0.2, 0.25) is 10.0 Å². The van der Waals surface area contributed by atoms with Crippen LogP contribution < -0.4 is 4.72 Å². The van der Waals surface area contributed by atoms with Gasteiger partial charge in [0.15, 0.2) is 0 Å². The summed E-state index contributed by atoms with van der Waals surface area (Å²) in [6, 6.07) is 3.59. The third kappa shape index (κ3) is 6.11. The topological polar surface area (TPSA) is 72.5 Å². The minimum atomic E-state index is -3.79. The number of aryl methyl sites for hydroxylation is 1. The molecule has 0 aliphatic carbocycles. The van der Waals surface area contributed by atoms with E-state index in [-0.39, 0.29) is 23.8 Å². The molecule has 5 nitrogen and oxygen atoms in total. The second kappa shape index (κ2) is 7.19. The highest BCUT2D eigenvalue weighted by Crippen LogP contribution is 2.16. The number of benzene rings is 1. The lowest BCUT2D eigenvalue weighted by Gasteiger charge is -2.19. The van der Waals surface area contributed by atoms with Crippen molar-refractivity contribution in [3.8, 4) is 0 Å². The van der Waals surface area contributed by atoms with Crippen LogP contribution in [0.25, 0.3) is 0 Å². The molecule has 1 aromatic rings. The van der Waals surface area contributed by atoms with Gasteiger partial charge in [-0.1, -0.05) is 6.07 Å². The highest BCUT2D eigenvalue weighted by atomic mass is 32.2. The van der Waals surface area contributed by atoms with Crippen molar-refractivity contribution in [2.75, 3.05) is 6.54 Å². The molecule has 0 saturated carbocycles. The van der Waals surface area contributed by atoms with Crippen LogP contribution in [-0.2, 0) is 19.6 Å². The molecule has 0 heterocycles. The predicted octanol–water partition coefficient (Wildman–Crippen LogP) is 2.53. The minimum absolute atomic E-state index is 0.0809. The molecule has 0 bridgehead atoms. The molecule has 124 valence electrons. The Morgan fingerprint density at radius 2 is 1.95 bits per heavy atom. The van der Waals surface area contributed by atoms with Crippen molar-refractivity contribution < 1.29 is 22.3 Å². The first-order chi connectivity index (χ1) is 10.0. The molecule has 22 heavy (non-hydrogen) atoms. The van der Waals surface area contributed by atoms with Gasteiger partial charge < -0.3 is 4.74 Å². The second-order valence-corrected chi connectivity index (χ2v) is 7.73. The maximum atomic E-state index is 13.2. The smallest absolute Gasteiger partial charge is 0.306 e. The Bertz CT molecular complexity index is 635. The average molecular weight is 331 g/mol. The first-order valence-electron chi connectivity index (χ1n) is 6.99. The summed E-state index contributed by atoms with van der Waals surface area (Å²) in [5.74, 6) is -0.992. The largest absolute Gasteiger partial charge is 0.460 e. The van der Waals surface area contributed by atoms with E-state index in [4.69, 9.17) is 4.74 Å². The average Bonchev–Trinajstić information content (AvgIpc) is 2.35. The maximum Gasteiger partial charge on any atom is 0.306 e. The number of halogens is 1. The fourth-order valence-corrected chi connectivity index (χ4v) is 3.10. The van der Waals surface area contributed by atoms with Crippen LogP contribution in [0, 0.1) is 12.7 Å². The Kier molecular flexibility index (Phi) is 6.08. The van der Waals surface area contributed by atoms with Crippen molar-refractivity contribution in [3.63, 3.8) is 0 Å². The monoisotopic (exact) mass is 331 g/mol. The van der Waals surface area contributed by atoms with Crippen LogP contribution in [0.15, 0.2) is 23.1 Å². The first kappa shape index (κ1) is 18.6. The summed E-state index contributed by atoms with van der Waals surface area (Å²) >= 11 is 0. The SMILES string of the molecule is Cc1ccc(F)cc1S(=O)(=O)NCCCC(=O)OC(C)(C)C. The third-order valence-electron chi connectivity index (χ3n) is 2.71. The van der Waals surface area contributed by atoms with Crippen molar-refractivity contribution in [2.24, 2.45) is 0 Å². The molecule has 0 saturated heterocycles. The molecule has 0 aliphatic rings. The summed E-state index contributed by atoms with van der Waals surface area (Å²) in [7, 11) is -3.79. The van der Waals surface area contributed by atoms with Crippen LogP contribution in [-0.4, -0.2) is 26.5 Å². The summed E-state index contributed by atoms with van der Waals surface area (Å²) in [6.07, 6.45) is 0.421. The minimum Gasteiger partial charge on any atom is -0.460 e. The summed E-state index contributed by atoms with van der Waals surface area (Å²) < 4.78 is 44.8. The Morgan fingerprint density at radius 3 is 2.55 bits per heavy atom. The Labute approximate surface area is 130 Å². The van der Waals surface area contributed by atoms with E-state index in [0.717, 1.165) is 6.07 Å². The van der Waals surface area contributed by atoms with Crippen molar-refractivity contribution in [1.29, 1.82) is 0 Å². The molecule has 7 heteroatoms. The number of sulfonamides is 1. The number of carbonyl (C=O) groups is 1. The van der Waals surface area contributed by atoms with Crippen molar-refractivity contribution in [1.82, 2.24) is 4.72 Å². The molecule has 0 unspecified atom stereocenters. The van der Waals surface area contributed by atoms with Gasteiger partial charge in [0.05, 0.1) is 4.90 Å². The Morgan fingerprint density at radius 1 is 1.32 bits per heavy atom. The molecule has 1 aromatic carbocycles. The van der Waals surface area contributed by atoms with E-state index in [1.54, 1.807) is 27.7 Å². The van der Waals surface area contributed by atoms with Gasteiger partial charge in [-0.25, -0.2) is 17.5 Å². The van der Waals surface area contributed by atoms with E-state index in [9.17, 15) is 17.6 Å². The summed E-state index contributed by atoms with van der Waals surface area (Å²) in [5, 5.41) is 0. The highest BCUT2D eigenvalue weighted by Gasteiger charge is 2.18.